The second-order valence-corrected chi connectivity index (χ2v) is 5.91. The fraction of sp³-hybridized carbons (Fsp3) is 0.412. The molecule has 1 saturated heterocycles. The highest BCUT2D eigenvalue weighted by atomic mass is 19.1. The van der Waals surface area contributed by atoms with E-state index in [2.05, 4.69) is 15.7 Å². The second-order valence-electron chi connectivity index (χ2n) is 5.91. The second kappa shape index (κ2) is 6.91. The van der Waals surface area contributed by atoms with Gasteiger partial charge in [0.05, 0.1) is 17.5 Å². The highest BCUT2D eigenvalue weighted by Crippen LogP contribution is 2.17. The number of amides is 1. The highest BCUT2D eigenvalue weighted by Gasteiger charge is 2.18. The molecular formula is C17H21FN4O. The predicted molar refractivity (Wildman–Crippen MR) is 86.2 cm³/mol. The van der Waals surface area contributed by atoms with Crippen LogP contribution in [0.4, 0.5) is 4.39 Å². The third-order valence-corrected chi connectivity index (χ3v) is 4.34. The third-order valence-electron chi connectivity index (χ3n) is 4.34. The Morgan fingerprint density at radius 2 is 2.30 bits per heavy atom. The minimum absolute atomic E-state index is 0.156. The van der Waals surface area contributed by atoms with Crippen molar-refractivity contribution in [2.75, 3.05) is 19.6 Å². The lowest BCUT2D eigenvalue weighted by Gasteiger charge is -2.09. The van der Waals surface area contributed by atoms with Crippen molar-refractivity contribution in [1.29, 1.82) is 0 Å². The molecule has 1 aromatic heterocycles. The molecule has 1 atom stereocenters. The summed E-state index contributed by atoms with van der Waals surface area (Å²) in [5.41, 5.74) is 1.47. The van der Waals surface area contributed by atoms with Gasteiger partial charge in [-0.15, -0.1) is 0 Å². The van der Waals surface area contributed by atoms with Gasteiger partial charge in [0.2, 0.25) is 0 Å². The molecule has 0 saturated carbocycles. The Morgan fingerprint density at radius 3 is 3.04 bits per heavy atom. The fourth-order valence-corrected chi connectivity index (χ4v) is 2.94. The largest absolute Gasteiger partial charge is 0.352 e. The van der Waals surface area contributed by atoms with Crippen LogP contribution in [0.25, 0.3) is 5.69 Å². The number of rotatable bonds is 5. The standard InChI is InChI=1S/C17H21FN4O/c1-12-14(17(23)20-9-7-13-6-8-19-10-13)11-21-22(12)16-5-3-2-4-15(16)18/h2-5,11,13,19H,6-10H2,1H3,(H,20,23). The Kier molecular flexibility index (Phi) is 4.71. The van der Waals surface area contributed by atoms with Gasteiger partial charge in [0.1, 0.15) is 11.5 Å². The van der Waals surface area contributed by atoms with Crippen LogP contribution in [0, 0.1) is 18.7 Å². The zero-order valence-electron chi connectivity index (χ0n) is 13.2. The highest BCUT2D eigenvalue weighted by molar-refractivity contribution is 5.95. The Balaban J connectivity index is 1.66. The molecule has 1 aliphatic heterocycles. The van der Waals surface area contributed by atoms with E-state index in [1.807, 2.05) is 0 Å². The van der Waals surface area contributed by atoms with Crippen molar-refractivity contribution in [2.24, 2.45) is 5.92 Å². The summed E-state index contributed by atoms with van der Waals surface area (Å²) in [6.07, 6.45) is 3.63. The van der Waals surface area contributed by atoms with Crippen molar-refractivity contribution in [1.82, 2.24) is 20.4 Å². The lowest BCUT2D eigenvalue weighted by atomic mass is 10.1. The zero-order chi connectivity index (χ0) is 16.2. The Bertz CT molecular complexity index is 692. The van der Waals surface area contributed by atoms with Crippen LogP contribution < -0.4 is 10.6 Å². The van der Waals surface area contributed by atoms with Crippen LogP contribution in [0.15, 0.2) is 30.5 Å². The molecule has 2 heterocycles. The van der Waals surface area contributed by atoms with Gasteiger partial charge in [0, 0.05) is 6.54 Å². The number of aromatic nitrogens is 2. The number of carbonyl (C=O) groups is 1. The average molecular weight is 316 g/mol. The van der Waals surface area contributed by atoms with Gasteiger partial charge in [-0.1, -0.05) is 12.1 Å². The van der Waals surface area contributed by atoms with Crippen LogP contribution >= 0.6 is 0 Å². The van der Waals surface area contributed by atoms with Crippen molar-refractivity contribution in [3.63, 3.8) is 0 Å². The molecule has 2 aromatic rings. The molecule has 122 valence electrons. The predicted octanol–water partition coefficient (Wildman–Crippen LogP) is 2.05. The molecular weight excluding hydrogens is 295 g/mol. The van der Waals surface area contributed by atoms with Crippen LogP contribution in [0.2, 0.25) is 0 Å². The molecule has 1 unspecified atom stereocenters. The van der Waals surface area contributed by atoms with Crippen LogP contribution in [0.1, 0.15) is 28.9 Å². The molecule has 1 amide bonds. The average Bonchev–Trinajstić information content (AvgIpc) is 3.18. The topological polar surface area (TPSA) is 59.0 Å². The first-order chi connectivity index (χ1) is 11.2. The number of para-hydroxylation sites is 1. The van der Waals surface area contributed by atoms with Gasteiger partial charge in [-0.05, 0) is 50.9 Å². The summed E-state index contributed by atoms with van der Waals surface area (Å²) in [5.74, 6) is 0.118. The minimum atomic E-state index is -0.362. The lowest BCUT2D eigenvalue weighted by Crippen LogP contribution is -2.26. The maximum atomic E-state index is 13.9. The van der Waals surface area contributed by atoms with E-state index in [0.29, 0.717) is 29.4 Å². The number of hydrogen-bond donors (Lipinski definition) is 2. The smallest absolute Gasteiger partial charge is 0.254 e. The van der Waals surface area contributed by atoms with Gasteiger partial charge in [-0.25, -0.2) is 9.07 Å². The van der Waals surface area contributed by atoms with Crippen LogP contribution in [-0.2, 0) is 0 Å². The normalized spacial score (nSPS) is 17.4. The molecule has 2 N–H and O–H groups in total. The first-order valence-electron chi connectivity index (χ1n) is 7.95. The molecule has 0 spiro atoms. The number of nitrogens with one attached hydrogen (secondary N) is 2. The molecule has 1 aliphatic rings. The van der Waals surface area contributed by atoms with E-state index in [1.165, 1.54) is 23.4 Å². The SMILES string of the molecule is Cc1c(C(=O)NCCC2CCNC2)cnn1-c1ccccc1F. The van der Waals surface area contributed by atoms with Gasteiger partial charge in [0.25, 0.3) is 5.91 Å². The van der Waals surface area contributed by atoms with Crippen molar-refractivity contribution in [2.45, 2.75) is 19.8 Å². The summed E-state index contributed by atoms with van der Waals surface area (Å²) in [4.78, 5) is 12.3. The summed E-state index contributed by atoms with van der Waals surface area (Å²) in [6.45, 7) is 4.51. The summed E-state index contributed by atoms with van der Waals surface area (Å²) < 4.78 is 15.3. The van der Waals surface area contributed by atoms with E-state index in [0.717, 1.165) is 19.5 Å². The van der Waals surface area contributed by atoms with Crippen LogP contribution in [0.3, 0.4) is 0 Å². The Labute approximate surface area is 134 Å². The van der Waals surface area contributed by atoms with Crippen LogP contribution in [-0.4, -0.2) is 35.3 Å². The zero-order valence-corrected chi connectivity index (χ0v) is 13.2. The Hall–Kier alpha value is -2.21. The molecule has 1 aromatic carbocycles. The van der Waals surface area contributed by atoms with E-state index >= 15 is 0 Å². The van der Waals surface area contributed by atoms with E-state index in [-0.39, 0.29) is 11.7 Å². The van der Waals surface area contributed by atoms with Gasteiger partial charge in [0.15, 0.2) is 0 Å². The number of nitrogens with zero attached hydrogens (tertiary/aromatic N) is 2. The van der Waals surface area contributed by atoms with E-state index in [4.69, 9.17) is 0 Å². The number of carbonyl (C=O) groups excluding carboxylic acids is 1. The number of hydrogen-bond acceptors (Lipinski definition) is 3. The third kappa shape index (κ3) is 3.42. The maximum absolute atomic E-state index is 13.9. The molecule has 1 fully saturated rings. The Morgan fingerprint density at radius 1 is 1.48 bits per heavy atom. The summed E-state index contributed by atoms with van der Waals surface area (Å²) in [7, 11) is 0. The summed E-state index contributed by atoms with van der Waals surface area (Å²) in [6, 6.07) is 6.40. The molecule has 0 bridgehead atoms. The molecule has 3 rings (SSSR count). The molecule has 23 heavy (non-hydrogen) atoms. The molecule has 0 aliphatic carbocycles. The monoisotopic (exact) mass is 316 g/mol. The summed E-state index contributed by atoms with van der Waals surface area (Å²) in [5, 5.41) is 10.4. The fourth-order valence-electron chi connectivity index (χ4n) is 2.94. The van der Waals surface area contributed by atoms with Gasteiger partial charge in [-0.2, -0.15) is 5.10 Å². The van der Waals surface area contributed by atoms with Crippen molar-refractivity contribution in [3.05, 3.63) is 47.5 Å². The van der Waals surface area contributed by atoms with Crippen molar-refractivity contribution >= 4 is 5.91 Å². The first kappa shape index (κ1) is 15.7. The van der Waals surface area contributed by atoms with Gasteiger partial charge in [-0.3, -0.25) is 4.79 Å². The van der Waals surface area contributed by atoms with E-state index < -0.39 is 0 Å². The molecule has 5 nitrogen and oxygen atoms in total. The number of benzene rings is 1. The van der Waals surface area contributed by atoms with E-state index in [9.17, 15) is 9.18 Å². The van der Waals surface area contributed by atoms with Gasteiger partial charge < -0.3 is 10.6 Å². The van der Waals surface area contributed by atoms with Crippen molar-refractivity contribution < 1.29 is 9.18 Å². The van der Waals surface area contributed by atoms with Gasteiger partial charge >= 0.3 is 0 Å². The quantitative estimate of drug-likeness (QED) is 0.887. The van der Waals surface area contributed by atoms with E-state index in [1.54, 1.807) is 25.1 Å². The van der Waals surface area contributed by atoms with Crippen LogP contribution in [0.5, 0.6) is 0 Å². The number of halogens is 1. The molecule has 0 radical (unpaired) electrons. The van der Waals surface area contributed by atoms with Crippen molar-refractivity contribution in [3.8, 4) is 5.69 Å². The minimum Gasteiger partial charge on any atom is -0.352 e. The maximum Gasteiger partial charge on any atom is 0.254 e. The first-order valence-corrected chi connectivity index (χ1v) is 7.95. The lowest BCUT2D eigenvalue weighted by molar-refractivity contribution is 0.0951. The molecule has 6 heteroatoms. The summed E-state index contributed by atoms with van der Waals surface area (Å²) >= 11 is 0.